The van der Waals surface area contributed by atoms with E-state index in [2.05, 4.69) is 4.72 Å². The van der Waals surface area contributed by atoms with Crippen molar-refractivity contribution in [3.8, 4) is 5.75 Å². The van der Waals surface area contributed by atoms with Crippen molar-refractivity contribution >= 4 is 21.7 Å². The van der Waals surface area contributed by atoms with E-state index in [-0.39, 0.29) is 16.2 Å². The van der Waals surface area contributed by atoms with Crippen molar-refractivity contribution in [3.05, 3.63) is 53.1 Å². The van der Waals surface area contributed by atoms with E-state index in [4.69, 9.17) is 5.11 Å². The molecule has 0 aliphatic rings. The number of rotatable bonds is 4. The van der Waals surface area contributed by atoms with Crippen molar-refractivity contribution in [2.75, 3.05) is 4.72 Å². The number of aromatic carboxylic acids is 1. The Hall–Kier alpha value is -2.54. The lowest BCUT2D eigenvalue weighted by atomic mass is 10.1. The molecule has 0 fully saturated rings. The first-order valence-corrected chi connectivity index (χ1v) is 7.85. The molecule has 0 aliphatic heterocycles. The normalized spacial score (nSPS) is 11.2. The number of sulfonamides is 1. The fourth-order valence-corrected chi connectivity index (χ4v) is 3.12. The SMILES string of the molecule is Cc1cc(O)ccc1NS(=O)(=O)c1ccc(C)c(C(=O)O)c1. The number of benzene rings is 2. The van der Waals surface area contributed by atoms with Crippen LogP contribution in [0.5, 0.6) is 5.75 Å². The molecular formula is C15H15NO5S. The molecule has 0 aliphatic carbocycles. The van der Waals surface area contributed by atoms with Gasteiger partial charge in [-0.2, -0.15) is 0 Å². The summed E-state index contributed by atoms with van der Waals surface area (Å²) < 4.78 is 27.1. The van der Waals surface area contributed by atoms with Gasteiger partial charge in [-0.15, -0.1) is 0 Å². The molecule has 6 nitrogen and oxygen atoms in total. The summed E-state index contributed by atoms with van der Waals surface area (Å²) in [5.74, 6) is -1.15. The number of aromatic hydroxyl groups is 1. The molecule has 2 aromatic rings. The topological polar surface area (TPSA) is 104 Å². The van der Waals surface area contributed by atoms with Gasteiger partial charge in [0, 0.05) is 0 Å². The minimum atomic E-state index is -3.92. The van der Waals surface area contributed by atoms with Gasteiger partial charge in [0.1, 0.15) is 5.75 Å². The highest BCUT2D eigenvalue weighted by atomic mass is 32.2. The lowest BCUT2D eigenvalue weighted by Crippen LogP contribution is -2.15. The van der Waals surface area contributed by atoms with Gasteiger partial charge in [0.2, 0.25) is 0 Å². The molecule has 0 radical (unpaired) electrons. The van der Waals surface area contributed by atoms with Gasteiger partial charge in [0.25, 0.3) is 10.0 Å². The predicted octanol–water partition coefficient (Wildman–Crippen LogP) is 2.51. The zero-order chi connectivity index (χ0) is 16.5. The number of hydrogen-bond donors (Lipinski definition) is 3. The molecule has 116 valence electrons. The van der Waals surface area contributed by atoms with Crippen molar-refractivity contribution in [2.45, 2.75) is 18.7 Å². The highest BCUT2D eigenvalue weighted by Crippen LogP contribution is 2.24. The van der Waals surface area contributed by atoms with E-state index in [0.29, 0.717) is 16.8 Å². The third-order valence-corrected chi connectivity index (χ3v) is 4.57. The number of aryl methyl sites for hydroxylation is 2. The van der Waals surface area contributed by atoms with Crippen LogP contribution in [0.1, 0.15) is 21.5 Å². The van der Waals surface area contributed by atoms with Crippen LogP contribution in [0.3, 0.4) is 0 Å². The van der Waals surface area contributed by atoms with Crippen LogP contribution in [0.4, 0.5) is 5.69 Å². The summed E-state index contributed by atoms with van der Waals surface area (Å²) in [6, 6.07) is 8.14. The molecule has 0 heterocycles. The first-order valence-electron chi connectivity index (χ1n) is 6.37. The molecule has 0 saturated carbocycles. The average molecular weight is 321 g/mol. The van der Waals surface area contributed by atoms with E-state index < -0.39 is 16.0 Å². The number of phenolic OH excluding ortho intramolecular Hbond substituents is 1. The van der Waals surface area contributed by atoms with Gasteiger partial charge in [-0.05, 0) is 55.3 Å². The van der Waals surface area contributed by atoms with Gasteiger partial charge in [-0.1, -0.05) is 6.07 Å². The Balaban J connectivity index is 2.42. The second kappa shape index (κ2) is 5.69. The monoisotopic (exact) mass is 321 g/mol. The van der Waals surface area contributed by atoms with Gasteiger partial charge in [0.05, 0.1) is 16.1 Å². The van der Waals surface area contributed by atoms with Gasteiger partial charge in [0.15, 0.2) is 0 Å². The minimum absolute atomic E-state index is 0.0314. The zero-order valence-corrected chi connectivity index (χ0v) is 12.8. The fraction of sp³-hybridized carbons (Fsp3) is 0.133. The Kier molecular flexibility index (Phi) is 4.09. The molecule has 7 heteroatoms. The number of carboxylic acids is 1. The van der Waals surface area contributed by atoms with Crippen LogP contribution in [0.2, 0.25) is 0 Å². The van der Waals surface area contributed by atoms with Crippen molar-refractivity contribution < 1.29 is 23.4 Å². The molecule has 2 rings (SSSR count). The Morgan fingerprint density at radius 3 is 2.32 bits per heavy atom. The third-order valence-electron chi connectivity index (χ3n) is 3.20. The quantitative estimate of drug-likeness (QED) is 0.751. The van der Waals surface area contributed by atoms with Gasteiger partial charge in [-0.25, -0.2) is 13.2 Å². The molecular weight excluding hydrogens is 306 g/mol. The maximum Gasteiger partial charge on any atom is 0.335 e. The van der Waals surface area contributed by atoms with Crippen LogP contribution >= 0.6 is 0 Å². The summed E-state index contributed by atoms with van der Waals surface area (Å²) in [4.78, 5) is 11.0. The Morgan fingerprint density at radius 2 is 1.73 bits per heavy atom. The van der Waals surface area contributed by atoms with E-state index >= 15 is 0 Å². The molecule has 22 heavy (non-hydrogen) atoms. The number of carboxylic acid groups (broad SMARTS) is 1. The molecule has 3 N–H and O–H groups in total. The zero-order valence-electron chi connectivity index (χ0n) is 12.0. The van der Waals surface area contributed by atoms with Crippen molar-refractivity contribution in [3.63, 3.8) is 0 Å². The summed E-state index contributed by atoms with van der Waals surface area (Å²) in [6.07, 6.45) is 0. The van der Waals surface area contributed by atoms with Gasteiger partial charge in [-0.3, -0.25) is 4.72 Å². The average Bonchev–Trinajstić information content (AvgIpc) is 2.42. The largest absolute Gasteiger partial charge is 0.508 e. The second-order valence-corrected chi connectivity index (χ2v) is 6.57. The van der Waals surface area contributed by atoms with Crippen LogP contribution in [-0.4, -0.2) is 24.6 Å². The standard InChI is InChI=1S/C15H15NO5S/c1-9-3-5-12(8-13(9)15(18)19)22(20,21)16-14-6-4-11(17)7-10(14)2/h3-8,16-17H,1-2H3,(H,18,19). The number of phenols is 1. The van der Waals surface area contributed by atoms with E-state index in [9.17, 15) is 18.3 Å². The maximum absolute atomic E-state index is 12.4. The highest BCUT2D eigenvalue weighted by molar-refractivity contribution is 7.92. The Labute approximate surface area is 128 Å². The van der Waals surface area contributed by atoms with Crippen LogP contribution in [-0.2, 0) is 10.0 Å². The molecule has 2 aromatic carbocycles. The molecule has 0 atom stereocenters. The summed E-state index contributed by atoms with van der Waals surface area (Å²) in [5.41, 5.74) is 1.28. The van der Waals surface area contributed by atoms with E-state index in [1.165, 1.54) is 30.3 Å². The number of nitrogens with one attached hydrogen (secondary N) is 1. The van der Waals surface area contributed by atoms with Crippen LogP contribution in [0.15, 0.2) is 41.3 Å². The lowest BCUT2D eigenvalue weighted by molar-refractivity contribution is 0.0696. The number of anilines is 1. The Bertz CT molecular complexity index is 843. The molecule has 0 amide bonds. The van der Waals surface area contributed by atoms with Crippen molar-refractivity contribution in [1.29, 1.82) is 0 Å². The molecule has 0 bridgehead atoms. The Morgan fingerprint density at radius 1 is 1.05 bits per heavy atom. The summed E-state index contributed by atoms with van der Waals surface area (Å²) in [5, 5.41) is 18.4. The van der Waals surface area contributed by atoms with Crippen LogP contribution < -0.4 is 4.72 Å². The molecule has 0 unspecified atom stereocenters. The smallest absolute Gasteiger partial charge is 0.335 e. The first kappa shape index (κ1) is 15.8. The summed E-state index contributed by atoms with van der Waals surface area (Å²) in [7, 11) is -3.92. The molecule has 0 aromatic heterocycles. The minimum Gasteiger partial charge on any atom is -0.508 e. The summed E-state index contributed by atoms with van der Waals surface area (Å²) in [6.45, 7) is 3.24. The van der Waals surface area contributed by atoms with E-state index in [1.54, 1.807) is 13.8 Å². The maximum atomic E-state index is 12.4. The van der Waals surface area contributed by atoms with Crippen LogP contribution in [0.25, 0.3) is 0 Å². The highest BCUT2D eigenvalue weighted by Gasteiger charge is 2.18. The fourth-order valence-electron chi connectivity index (χ4n) is 1.96. The summed E-state index contributed by atoms with van der Waals surface area (Å²) >= 11 is 0. The van der Waals surface area contributed by atoms with Crippen molar-refractivity contribution in [2.24, 2.45) is 0 Å². The third kappa shape index (κ3) is 3.20. The second-order valence-electron chi connectivity index (χ2n) is 4.89. The van der Waals surface area contributed by atoms with Gasteiger partial charge >= 0.3 is 5.97 Å². The van der Waals surface area contributed by atoms with E-state index in [1.807, 2.05) is 0 Å². The van der Waals surface area contributed by atoms with Crippen LogP contribution in [0, 0.1) is 13.8 Å². The van der Waals surface area contributed by atoms with Crippen molar-refractivity contribution in [1.82, 2.24) is 0 Å². The molecule has 0 spiro atoms. The number of carbonyl (C=O) groups is 1. The van der Waals surface area contributed by atoms with E-state index in [0.717, 1.165) is 6.07 Å². The lowest BCUT2D eigenvalue weighted by Gasteiger charge is -2.12. The van der Waals surface area contributed by atoms with Gasteiger partial charge < -0.3 is 10.2 Å². The first-order chi connectivity index (χ1) is 10.2. The molecule has 0 saturated heterocycles. The number of hydrogen-bond acceptors (Lipinski definition) is 4. The predicted molar refractivity (Wildman–Crippen MR) is 81.8 cm³/mol.